The molecule has 0 heterocycles. The predicted octanol–water partition coefficient (Wildman–Crippen LogP) is 4.22. The summed E-state index contributed by atoms with van der Waals surface area (Å²) >= 11 is 3.96. The summed E-state index contributed by atoms with van der Waals surface area (Å²) in [5, 5.41) is 1.50. The SMILES string of the molecule is C=CCCCC[Si](C)(Br)c1ccccc1. The van der Waals surface area contributed by atoms with Gasteiger partial charge in [-0.2, -0.15) is 0 Å². The maximum absolute atomic E-state index is 3.96. The molecule has 0 saturated heterocycles. The fourth-order valence-corrected chi connectivity index (χ4v) is 5.40. The molecular formula is C13H19BrSi. The lowest BCUT2D eigenvalue weighted by Gasteiger charge is -2.20. The molecule has 0 aliphatic carbocycles. The van der Waals surface area contributed by atoms with Gasteiger partial charge in [-0.15, -0.1) is 21.9 Å². The van der Waals surface area contributed by atoms with Gasteiger partial charge in [-0.3, -0.25) is 0 Å². The molecule has 0 saturated carbocycles. The van der Waals surface area contributed by atoms with Crippen molar-refractivity contribution in [2.75, 3.05) is 0 Å². The molecule has 0 bridgehead atoms. The number of hydrogen-bond donors (Lipinski definition) is 0. The summed E-state index contributed by atoms with van der Waals surface area (Å²) in [6.07, 6.45) is 5.72. The van der Waals surface area contributed by atoms with Crippen LogP contribution in [0.3, 0.4) is 0 Å². The summed E-state index contributed by atoms with van der Waals surface area (Å²) in [7, 11) is 0. The van der Waals surface area contributed by atoms with E-state index in [0.717, 1.165) is 6.42 Å². The van der Waals surface area contributed by atoms with Crippen LogP contribution in [-0.2, 0) is 0 Å². The Morgan fingerprint density at radius 2 is 1.93 bits per heavy atom. The number of benzene rings is 1. The smallest absolute Gasteiger partial charge is 0.120 e. The Kier molecular flexibility index (Phi) is 5.33. The van der Waals surface area contributed by atoms with E-state index < -0.39 is 6.69 Å². The Hall–Kier alpha value is -0.343. The third-order valence-corrected chi connectivity index (χ3v) is 8.07. The second-order valence-corrected chi connectivity index (χ2v) is 12.8. The first-order valence-electron chi connectivity index (χ1n) is 5.52. The van der Waals surface area contributed by atoms with Crippen LogP contribution in [0, 0.1) is 0 Å². The average molecular weight is 283 g/mol. The van der Waals surface area contributed by atoms with Crippen molar-refractivity contribution in [3.05, 3.63) is 43.0 Å². The monoisotopic (exact) mass is 282 g/mol. The molecule has 1 unspecified atom stereocenters. The highest BCUT2D eigenvalue weighted by Crippen LogP contribution is 2.21. The van der Waals surface area contributed by atoms with Crippen molar-refractivity contribution in [3.63, 3.8) is 0 Å². The van der Waals surface area contributed by atoms with Gasteiger partial charge in [0.05, 0.1) is 0 Å². The van der Waals surface area contributed by atoms with E-state index in [1.165, 1.54) is 24.1 Å². The molecule has 0 spiro atoms. The van der Waals surface area contributed by atoms with Crippen molar-refractivity contribution >= 4 is 27.2 Å². The van der Waals surface area contributed by atoms with Gasteiger partial charge in [-0.05, 0) is 17.7 Å². The number of unbranched alkanes of at least 4 members (excludes halogenated alkanes) is 2. The summed E-state index contributed by atoms with van der Waals surface area (Å²) in [6, 6.07) is 12.1. The first-order chi connectivity index (χ1) is 7.17. The van der Waals surface area contributed by atoms with Crippen molar-refractivity contribution in [1.29, 1.82) is 0 Å². The van der Waals surface area contributed by atoms with Crippen LogP contribution in [0.4, 0.5) is 0 Å². The molecule has 0 radical (unpaired) electrons. The van der Waals surface area contributed by atoms with Crippen LogP contribution in [0.1, 0.15) is 19.3 Å². The molecule has 1 rings (SSSR count). The molecule has 0 aliphatic heterocycles. The molecule has 15 heavy (non-hydrogen) atoms. The van der Waals surface area contributed by atoms with E-state index in [1.54, 1.807) is 0 Å². The van der Waals surface area contributed by atoms with Gasteiger partial charge in [0.15, 0.2) is 6.69 Å². The van der Waals surface area contributed by atoms with Crippen molar-refractivity contribution in [1.82, 2.24) is 0 Å². The van der Waals surface area contributed by atoms with Gasteiger partial charge in [0.25, 0.3) is 0 Å². The highest BCUT2D eigenvalue weighted by Gasteiger charge is 2.24. The highest BCUT2D eigenvalue weighted by molar-refractivity contribution is 9.26. The number of halogens is 1. The van der Waals surface area contributed by atoms with E-state index in [0.29, 0.717) is 0 Å². The largest absolute Gasteiger partial charge is 0.157 e. The quantitative estimate of drug-likeness (QED) is 0.317. The minimum atomic E-state index is -1.35. The first-order valence-corrected chi connectivity index (χ1v) is 10.5. The van der Waals surface area contributed by atoms with Gasteiger partial charge >= 0.3 is 0 Å². The third-order valence-electron chi connectivity index (χ3n) is 2.68. The van der Waals surface area contributed by atoms with E-state index in [9.17, 15) is 0 Å². The molecule has 82 valence electrons. The van der Waals surface area contributed by atoms with Crippen LogP contribution in [0.5, 0.6) is 0 Å². The maximum atomic E-state index is 3.96. The molecule has 1 aromatic rings. The lowest BCUT2D eigenvalue weighted by atomic mass is 10.2. The fraction of sp³-hybridized carbons (Fsp3) is 0.385. The van der Waals surface area contributed by atoms with Gasteiger partial charge in [-0.25, -0.2) is 0 Å². The Bertz CT molecular complexity index is 293. The van der Waals surface area contributed by atoms with Crippen molar-refractivity contribution in [3.8, 4) is 0 Å². The molecule has 0 nitrogen and oxygen atoms in total. The standard InChI is InChI=1S/C13H19BrSi/c1-3-4-5-9-12-15(2,14)13-10-7-6-8-11-13/h3,6-8,10-11H,1,4-5,9,12H2,2H3. The van der Waals surface area contributed by atoms with Crippen LogP contribution in [-0.4, -0.2) is 6.69 Å². The van der Waals surface area contributed by atoms with Crippen molar-refractivity contribution in [2.45, 2.75) is 31.9 Å². The van der Waals surface area contributed by atoms with E-state index in [1.807, 2.05) is 6.08 Å². The second-order valence-electron chi connectivity index (χ2n) is 4.10. The topological polar surface area (TPSA) is 0 Å². The Labute approximate surface area is 102 Å². The van der Waals surface area contributed by atoms with Gasteiger partial charge in [-0.1, -0.05) is 55.8 Å². The van der Waals surface area contributed by atoms with Gasteiger partial charge in [0.1, 0.15) is 0 Å². The zero-order valence-electron chi connectivity index (χ0n) is 9.38. The molecule has 1 aromatic carbocycles. The van der Waals surface area contributed by atoms with Crippen LogP contribution in [0.2, 0.25) is 12.6 Å². The highest BCUT2D eigenvalue weighted by atomic mass is 79.9. The lowest BCUT2D eigenvalue weighted by Crippen LogP contribution is -2.37. The predicted molar refractivity (Wildman–Crippen MR) is 75.5 cm³/mol. The minimum absolute atomic E-state index is 1.15. The first kappa shape index (κ1) is 12.7. The van der Waals surface area contributed by atoms with E-state index in [4.69, 9.17) is 0 Å². The van der Waals surface area contributed by atoms with Crippen LogP contribution in [0.25, 0.3) is 0 Å². The molecular weight excluding hydrogens is 264 g/mol. The van der Waals surface area contributed by atoms with Crippen molar-refractivity contribution in [2.24, 2.45) is 0 Å². The summed E-state index contributed by atoms with van der Waals surface area (Å²) in [4.78, 5) is 0. The normalized spacial score (nSPS) is 14.5. The Morgan fingerprint density at radius 3 is 2.53 bits per heavy atom. The van der Waals surface area contributed by atoms with Gasteiger partial charge < -0.3 is 0 Å². The van der Waals surface area contributed by atoms with Crippen LogP contribution in [0.15, 0.2) is 43.0 Å². The summed E-state index contributed by atoms with van der Waals surface area (Å²) in [6.45, 7) is 4.79. The molecule has 0 aliphatic rings. The van der Waals surface area contributed by atoms with Crippen LogP contribution >= 0.6 is 15.3 Å². The van der Waals surface area contributed by atoms with E-state index in [2.05, 4.69) is 58.8 Å². The zero-order valence-corrected chi connectivity index (χ0v) is 12.0. The molecule has 0 fully saturated rings. The van der Waals surface area contributed by atoms with Gasteiger partial charge in [0, 0.05) is 0 Å². The minimum Gasteiger partial charge on any atom is -0.120 e. The Morgan fingerprint density at radius 1 is 1.27 bits per heavy atom. The lowest BCUT2D eigenvalue weighted by molar-refractivity contribution is 0.809. The van der Waals surface area contributed by atoms with E-state index >= 15 is 0 Å². The maximum Gasteiger partial charge on any atom is 0.157 e. The molecule has 0 N–H and O–H groups in total. The number of allylic oxidation sites excluding steroid dienone is 1. The average Bonchev–Trinajstić information content (AvgIpc) is 2.26. The molecule has 0 aromatic heterocycles. The molecule has 2 heteroatoms. The summed E-state index contributed by atoms with van der Waals surface area (Å²) in [5.74, 6) is 0. The fourth-order valence-electron chi connectivity index (χ4n) is 1.68. The molecule has 1 atom stereocenters. The van der Waals surface area contributed by atoms with Crippen LogP contribution < -0.4 is 5.19 Å². The molecule has 0 amide bonds. The zero-order chi connectivity index (χ0) is 11.1. The van der Waals surface area contributed by atoms with Gasteiger partial charge in [0.2, 0.25) is 0 Å². The number of hydrogen-bond acceptors (Lipinski definition) is 0. The Balaban J connectivity index is 2.48. The number of rotatable bonds is 6. The van der Waals surface area contributed by atoms with E-state index in [-0.39, 0.29) is 0 Å². The third kappa shape index (κ3) is 4.35. The second kappa shape index (κ2) is 6.29. The summed E-state index contributed by atoms with van der Waals surface area (Å²) < 4.78 is 0. The summed E-state index contributed by atoms with van der Waals surface area (Å²) in [5.41, 5.74) is 0. The van der Waals surface area contributed by atoms with Crippen molar-refractivity contribution < 1.29 is 0 Å².